The molecular weight excluding hydrogens is 407 g/mol. The highest BCUT2D eigenvalue weighted by Crippen LogP contribution is 2.37. The van der Waals surface area contributed by atoms with Gasteiger partial charge in [0.15, 0.2) is 0 Å². The van der Waals surface area contributed by atoms with Gasteiger partial charge in [0.05, 0.1) is 11.2 Å². The fraction of sp³-hybridized carbons (Fsp3) is 0.304. The van der Waals surface area contributed by atoms with Gasteiger partial charge in [-0.25, -0.2) is 9.97 Å². The molecule has 0 spiro atoms. The van der Waals surface area contributed by atoms with Gasteiger partial charge in [0.1, 0.15) is 5.75 Å². The quantitative estimate of drug-likeness (QED) is 0.633. The number of alkyl halides is 3. The zero-order chi connectivity index (χ0) is 21.9. The Hall–Kier alpha value is -2.97. The molecule has 1 saturated heterocycles. The number of rotatable bonds is 5. The Bertz CT molecular complexity index is 1000. The van der Waals surface area contributed by atoms with Crippen LogP contribution in [-0.2, 0) is 18.3 Å². The highest BCUT2D eigenvalue weighted by molar-refractivity contribution is 5.31. The average molecular weight is 429 g/mol. The van der Waals surface area contributed by atoms with Gasteiger partial charge in [-0.15, -0.1) is 0 Å². The van der Waals surface area contributed by atoms with E-state index in [0.717, 1.165) is 17.7 Å². The molecule has 4 rings (SSSR count). The summed E-state index contributed by atoms with van der Waals surface area (Å²) >= 11 is 0. The zero-order valence-electron chi connectivity index (χ0n) is 16.7. The summed E-state index contributed by atoms with van der Waals surface area (Å²) in [7, 11) is 0. The third kappa shape index (κ3) is 5.21. The van der Waals surface area contributed by atoms with E-state index in [1.54, 1.807) is 24.5 Å². The number of ether oxygens (including phenoxy) is 1. The minimum absolute atomic E-state index is 0.278. The SMILES string of the molecule is OC1(c2cccc(C(F)(F)F)c2)CCN(Cc2ccc(Oc3ncccn3)cc2)CC1. The molecule has 1 aliphatic rings. The van der Waals surface area contributed by atoms with Crippen molar-refractivity contribution in [2.24, 2.45) is 0 Å². The molecule has 1 fully saturated rings. The molecule has 31 heavy (non-hydrogen) atoms. The molecular formula is C23H22F3N3O2. The van der Waals surface area contributed by atoms with E-state index >= 15 is 0 Å². The minimum Gasteiger partial charge on any atom is -0.424 e. The van der Waals surface area contributed by atoms with E-state index in [-0.39, 0.29) is 6.01 Å². The Kier molecular flexibility index (Phi) is 5.93. The maximum Gasteiger partial charge on any atom is 0.416 e. The zero-order valence-corrected chi connectivity index (χ0v) is 16.7. The molecule has 162 valence electrons. The first-order valence-corrected chi connectivity index (χ1v) is 9.98. The van der Waals surface area contributed by atoms with Crippen LogP contribution in [0.5, 0.6) is 11.8 Å². The summed E-state index contributed by atoms with van der Waals surface area (Å²) in [4.78, 5) is 10.2. The summed E-state index contributed by atoms with van der Waals surface area (Å²) in [5, 5.41) is 11.0. The highest BCUT2D eigenvalue weighted by atomic mass is 19.4. The first kappa shape index (κ1) is 21.3. The van der Waals surface area contributed by atoms with E-state index in [0.29, 0.717) is 43.8 Å². The molecule has 0 aliphatic carbocycles. The topological polar surface area (TPSA) is 58.5 Å². The summed E-state index contributed by atoms with van der Waals surface area (Å²) in [5.41, 5.74) is -0.577. The molecule has 0 radical (unpaired) electrons. The second kappa shape index (κ2) is 8.64. The molecule has 1 N–H and O–H groups in total. The molecule has 2 aromatic carbocycles. The van der Waals surface area contributed by atoms with Crippen LogP contribution in [-0.4, -0.2) is 33.1 Å². The van der Waals surface area contributed by atoms with Crippen molar-refractivity contribution < 1.29 is 23.0 Å². The summed E-state index contributed by atoms with van der Waals surface area (Å²) in [6.45, 7) is 1.85. The Labute approximate surface area is 178 Å². The van der Waals surface area contributed by atoms with Crippen LogP contribution in [0.15, 0.2) is 67.0 Å². The molecule has 0 amide bonds. The van der Waals surface area contributed by atoms with Crippen molar-refractivity contribution in [2.75, 3.05) is 13.1 Å². The largest absolute Gasteiger partial charge is 0.424 e. The van der Waals surface area contributed by atoms with E-state index in [1.807, 2.05) is 24.3 Å². The van der Waals surface area contributed by atoms with Crippen molar-refractivity contribution in [1.82, 2.24) is 14.9 Å². The molecule has 0 unspecified atom stereocenters. The predicted molar refractivity (Wildman–Crippen MR) is 108 cm³/mol. The van der Waals surface area contributed by atoms with Crippen LogP contribution in [0.4, 0.5) is 13.2 Å². The van der Waals surface area contributed by atoms with Gasteiger partial charge < -0.3 is 9.84 Å². The molecule has 1 aromatic heterocycles. The summed E-state index contributed by atoms with van der Waals surface area (Å²) in [6, 6.07) is 14.6. The van der Waals surface area contributed by atoms with Crippen molar-refractivity contribution in [1.29, 1.82) is 0 Å². The first-order valence-electron chi connectivity index (χ1n) is 9.98. The smallest absolute Gasteiger partial charge is 0.416 e. The van der Waals surface area contributed by atoms with E-state index in [1.165, 1.54) is 6.07 Å². The molecule has 8 heteroatoms. The van der Waals surface area contributed by atoms with Crippen LogP contribution < -0.4 is 4.74 Å². The summed E-state index contributed by atoms with van der Waals surface area (Å²) in [5.74, 6) is 0.632. The number of likely N-dealkylation sites (tertiary alicyclic amines) is 1. The summed E-state index contributed by atoms with van der Waals surface area (Å²) in [6.07, 6.45) is -0.460. The lowest BCUT2D eigenvalue weighted by atomic mass is 9.83. The number of piperidine rings is 1. The van der Waals surface area contributed by atoms with Gasteiger partial charge in [0, 0.05) is 32.0 Å². The monoisotopic (exact) mass is 429 g/mol. The van der Waals surface area contributed by atoms with E-state index < -0.39 is 17.3 Å². The van der Waals surface area contributed by atoms with Crippen LogP contribution >= 0.6 is 0 Å². The molecule has 2 heterocycles. The van der Waals surface area contributed by atoms with E-state index in [4.69, 9.17) is 4.74 Å². The van der Waals surface area contributed by atoms with Crippen molar-refractivity contribution >= 4 is 0 Å². The third-order valence-corrected chi connectivity index (χ3v) is 5.49. The lowest BCUT2D eigenvalue weighted by Crippen LogP contribution is -2.42. The Balaban J connectivity index is 1.35. The second-order valence-electron chi connectivity index (χ2n) is 7.66. The van der Waals surface area contributed by atoms with Gasteiger partial charge in [-0.05, 0) is 54.3 Å². The lowest BCUT2D eigenvalue weighted by molar-refractivity contribution is -0.137. The summed E-state index contributed by atoms with van der Waals surface area (Å²) < 4.78 is 44.6. The van der Waals surface area contributed by atoms with Crippen LogP contribution in [0, 0.1) is 0 Å². The van der Waals surface area contributed by atoms with E-state index in [9.17, 15) is 18.3 Å². The first-order chi connectivity index (χ1) is 14.8. The maximum atomic E-state index is 13.0. The fourth-order valence-corrected chi connectivity index (χ4v) is 3.72. The molecule has 0 bridgehead atoms. The number of hydrogen-bond donors (Lipinski definition) is 1. The fourth-order valence-electron chi connectivity index (χ4n) is 3.72. The van der Waals surface area contributed by atoms with Gasteiger partial charge >= 0.3 is 12.2 Å². The second-order valence-corrected chi connectivity index (χ2v) is 7.66. The van der Waals surface area contributed by atoms with Crippen molar-refractivity contribution in [2.45, 2.75) is 31.2 Å². The van der Waals surface area contributed by atoms with Crippen LogP contribution in [0.25, 0.3) is 0 Å². The molecule has 0 atom stereocenters. The number of halogens is 3. The number of hydrogen-bond acceptors (Lipinski definition) is 5. The van der Waals surface area contributed by atoms with Crippen molar-refractivity contribution in [3.63, 3.8) is 0 Å². The third-order valence-electron chi connectivity index (χ3n) is 5.49. The van der Waals surface area contributed by atoms with E-state index in [2.05, 4.69) is 14.9 Å². The van der Waals surface area contributed by atoms with Gasteiger partial charge in [0.25, 0.3) is 0 Å². The number of aliphatic hydroxyl groups is 1. The Morgan fingerprint density at radius 2 is 1.65 bits per heavy atom. The maximum absolute atomic E-state index is 13.0. The highest BCUT2D eigenvalue weighted by Gasteiger charge is 2.37. The predicted octanol–water partition coefficient (Wildman–Crippen LogP) is 4.77. The van der Waals surface area contributed by atoms with Crippen LogP contribution in [0.3, 0.4) is 0 Å². The average Bonchev–Trinajstić information content (AvgIpc) is 2.77. The van der Waals surface area contributed by atoms with Crippen LogP contribution in [0.1, 0.15) is 29.5 Å². The number of nitrogens with zero attached hydrogens (tertiary/aromatic N) is 3. The number of benzene rings is 2. The van der Waals surface area contributed by atoms with Gasteiger partial charge in [-0.3, -0.25) is 4.90 Å². The molecule has 1 aliphatic heterocycles. The van der Waals surface area contributed by atoms with Gasteiger partial charge in [-0.1, -0.05) is 24.3 Å². The number of aromatic nitrogens is 2. The normalized spacial score (nSPS) is 16.8. The molecule has 5 nitrogen and oxygen atoms in total. The standard InChI is InChI=1S/C23H22F3N3O2/c24-23(25,26)19-4-1-3-18(15-19)22(30)9-13-29(14-10-22)16-17-5-7-20(8-6-17)31-21-27-11-2-12-28-21/h1-8,11-12,15,30H,9-10,13-14,16H2. The van der Waals surface area contributed by atoms with Gasteiger partial charge in [-0.2, -0.15) is 13.2 Å². The lowest BCUT2D eigenvalue weighted by Gasteiger charge is -2.38. The van der Waals surface area contributed by atoms with Gasteiger partial charge in [0.2, 0.25) is 0 Å². The molecule has 3 aromatic rings. The molecule has 0 saturated carbocycles. The Morgan fingerprint density at radius 1 is 0.968 bits per heavy atom. The van der Waals surface area contributed by atoms with Crippen molar-refractivity contribution in [3.05, 3.63) is 83.7 Å². The Morgan fingerprint density at radius 3 is 2.29 bits per heavy atom. The van der Waals surface area contributed by atoms with Crippen molar-refractivity contribution in [3.8, 4) is 11.8 Å². The minimum atomic E-state index is -4.42. The van der Waals surface area contributed by atoms with Crippen LogP contribution in [0.2, 0.25) is 0 Å².